The smallest absolute Gasteiger partial charge is 0.335 e. The van der Waals surface area contributed by atoms with Crippen LogP contribution in [0.1, 0.15) is 26.3 Å². The SMILES string of the molecule is O=C(O)CN1C(=O)/C(=C2\SC(=Nc3cc(C(=O)O)cc(C(=O)O)c3)NC2=O)c2ccccc21. The van der Waals surface area contributed by atoms with Crippen LogP contribution in [0.2, 0.25) is 0 Å². The van der Waals surface area contributed by atoms with E-state index in [2.05, 4.69) is 10.3 Å². The van der Waals surface area contributed by atoms with Crippen molar-refractivity contribution in [2.75, 3.05) is 11.4 Å². The molecule has 2 aromatic rings. The van der Waals surface area contributed by atoms with E-state index in [-0.39, 0.29) is 32.5 Å². The van der Waals surface area contributed by atoms with Crippen molar-refractivity contribution in [3.05, 3.63) is 64.1 Å². The van der Waals surface area contributed by atoms with E-state index in [0.717, 1.165) is 34.9 Å². The molecule has 2 aromatic carbocycles. The molecule has 0 radical (unpaired) electrons. The summed E-state index contributed by atoms with van der Waals surface area (Å²) >= 11 is 0.807. The van der Waals surface area contributed by atoms with E-state index in [1.165, 1.54) is 0 Å². The fourth-order valence-corrected chi connectivity index (χ4v) is 4.30. The van der Waals surface area contributed by atoms with E-state index in [1.807, 2.05) is 0 Å². The Bertz CT molecular complexity index is 1300. The third kappa shape index (κ3) is 4.06. The molecule has 11 nitrogen and oxygen atoms in total. The standard InChI is InChI=1S/C21H13N3O8S/c25-14(26)8-24-13-4-2-1-3-12(13)15(18(24)28)16-17(27)23-21(33-16)22-11-6-9(19(29)30)5-10(7-11)20(31)32/h1-7H,8H2,(H,25,26)(H,29,30)(H,31,32)(H,22,23,27)/b16-15-. The van der Waals surface area contributed by atoms with Crippen LogP contribution in [0.25, 0.3) is 5.57 Å². The minimum absolute atomic E-state index is 0.00310. The number of carboxylic acids is 3. The van der Waals surface area contributed by atoms with Gasteiger partial charge in [0, 0.05) is 5.56 Å². The van der Waals surface area contributed by atoms with Gasteiger partial charge in [-0.1, -0.05) is 18.2 Å². The van der Waals surface area contributed by atoms with Gasteiger partial charge in [0.25, 0.3) is 11.8 Å². The lowest BCUT2D eigenvalue weighted by molar-refractivity contribution is -0.136. The highest BCUT2D eigenvalue weighted by Crippen LogP contribution is 2.42. The van der Waals surface area contributed by atoms with Crippen molar-refractivity contribution in [2.45, 2.75) is 0 Å². The Labute approximate surface area is 189 Å². The average molecular weight is 467 g/mol. The first-order valence-corrected chi connectivity index (χ1v) is 10.0. The first-order chi connectivity index (χ1) is 15.7. The van der Waals surface area contributed by atoms with E-state index < -0.39 is 36.3 Å². The van der Waals surface area contributed by atoms with Gasteiger partial charge >= 0.3 is 17.9 Å². The largest absolute Gasteiger partial charge is 0.480 e. The molecule has 4 N–H and O–H groups in total. The molecule has 2 aliphatic rings. The number of rotatable bonds is 5. The highest BCUT2D eigenvalue weighted by atomic mass is 32.2. The fourth-order valence-electron chi connectivity index (χ4n) is 3.37. The number of nitrogens with one attached hydrogen (secondary N) is 1. The number of amides is 2. The summed E-state index contributed by atoms with van der Waals surface area (Å²) in [6.07, 6.45) is 0. The van der Waals surface area contributed by atoms with Gasteiger partial charge in [0.05, 0.1) is 33.0 Å². The van der Waals surface area contributed by atoms with Gasteiger partial charge in [-0.2, -0.15) is 0 Å². The highest BCUT2D eigenvalue weighted by Gasteiger charge is 2.39. The van der Waals surface area contributed by atoms with Gasteiger partial charge in [0.1, 0.15) is 6.54 Å². The number of carbonyl (C=O) groups excluding carboxylic acids is 2. The van der Waals surface area contributed by atoms with Crippen LogP contribution in [-0.2, 0) is 14.4 Å². The normalized spacial score (nSPS) is 18.4. The molecule has 4 rings (SSSR count). The molecular formula is C21H13N3O8S. The lowest BCUT2D eigenvalue weighted by Gasteiger charge is -2.13. The number of anilines is 1. The molecule has 2 aliphatic heterocycles. The Morgan fingerprint density at radius 1 is 0.970 bits per heavy atom. The molecule has 0 aromatic heterocycles. The van der Waals surface area contributed by atoms with Crippen LogP contribution in [0.4, 0.5) is 11.4 Å². The first kappa shape index (κ1) is 21.8. The second kappa shape index (κ2) is 8.24. The molecular weight excluding hydrogens is 454 g/mol. The Morgan fingerprint density at radius 2 is 1.61 bits per heavy atom. The number of hydrogen-bond donors (Lipinski definition) is 4. The Hall–Kier alpha value is -4.45. The van der Waals surface area contributed by atoms with Crippen LogP contribution in [0.3, 0.4) is 0 Å². The average Bonchev–Trinajstić information content (AvgIpc) is 3.24. The van der Waals surface area contributed by atoms with Crippen LogP contribution in [0, 0.1) is 0 Å². The number of carbonyl (C=O) groups is 5. The predicted octanol–water partition coefficient (Wildman–Crippen LogP) is 1.78. The minimum atomic E-state index is -1.35. The highest BCUT2D eigenvalue weighted by molar-refractivity contribution is 8.18. The number of fused-ring (bicyclic) bond motifs is 1. The van der Waals surface area contributed by atoms with Gasteiger partial charge in [-0.05, 0) is 36.0 Å². The molecule has 1 fully saturated rings. The molecule has 12 heteroatoms. The lowest BCUT2D eigenvalue weighted by atomic mass is 10.1. The molecule has 166 valence electrons. The summed E-state index contributed by atoms with van der Waals surface area (Å²) in [6.45, 7) is -0.584. The number of hydrogen-bond acceptors (Lipinski definition) is 7. The number of amidine groups is 1. The molecule has 0 bridgehead atoms. The Balaban J connectivity index is 1.76. The Kier molecular flexibility index (Phi) is 5.44. The summed E-state index contributed by atoms with van der Waals surface area (Å²) in [4.78, 5) is 64.6. The molecule has 0 spiro atoms. The molecule has 33 heavy (non-hydrogen) atoms. The molecule has 0 unspecified atom stereocenters. The van der Waals surface area contributed by atoms with Crippen LogP contribution in [0.5, 0.6) is 0 Å². The number of carboxylic acid groups (broad SMARTS) is 3. The summed E-state index contributed by atoms with van der Waals surface area (Å²) in [7, 11) is 0. The maximum Gasteiger partial charge on any atom is 0.335 e. The quantitative estimate of drug-likeness (QED) is 0.478. The Morgan fingerprint density at radius 3 is 2.21 bits per heavy atom. The van der Waals surface area contributed by atoms with Crippen LogP contribution >= 0.6 is 11.8 Å². The van der Waals surface area contributed by atoms with Crippen molar-refractivity contribution >= 4 is 63.6 Å². The number of para-hydroxylation sites is 1. The van der Waals surface area contributed by atoms with Crippen LogP contribution in [-0.4, -0.2) is 56.8 Å². The van der Waals surface area contributed by atoms with Crippen molar-refractivity contribution < 1.29 is 39.3 Å². The number of nitrogens with zero attached hydrogens (tertiary/aromatic N) is 2. The maximum absolute atomic E-state index is 13.0. The van der Waals surface area contributed by atoms with Gasteiger partial charge in [-0.15, -0.1) is 0 Å². The van der Waals surface area contributed by atoms with Crippen molar-refractivity contribution in [3.8, 4) is 0 Å². The number of aliphatic imine (C=N–C) groups is 1. The second-order valence-electron chi connectivity index (χ2n) is 6.86. The van der Waals surface area contributed by atoms with Crippen molar-refractivity contribution in [1.82, 2.24) is 5.32 Å². The van der Waals surface area contributed by atoms with Crippen molar-refractivity contribution in [1.29, 1.82) is 0 Å². The molecule has 0 atom stereocenters. The predicted molar refractivity (Wildman–Crippen MR) is 117 cm³/mol. The molecule has 2 heterocycles. The fraction of sp³-hybridized carbons (Fsp3) is 0.0476. The van der Waals surface area contributed by atoms with Crippen LogP contribution in [0.15, 0.2) is 52.4 Å². The summed E-state index contributed by atoms with van der Waals surface area (Å²) in [5.74, 6) is -5.22. The summed E-state index contributed by atoms with van der Waals surface area (Å²) in [6, 6.07) is 9.71. The van der Waals surface area contributed by atoms with E-state index in [9.17, 15) is 34.2 Å². The number of thioether (sulfide) groups is 1. The summed E-state index contributed by atoms with van der Waals surface area (Å²) in [5.41, 5.74) is 0.143. The third-order valence-corrected chi connectivity index (χ3v) is 5.69. The van der Waals surface area contributed by atoms with Crippen molar-refractivity contribution in [3.63, 3.8) is 0 Å². The van der Waals surface area contributed by atoms with Gasteiger partial charge in [-0.25, -0.2) is 14.6 Å². The zero-order valence-electron chi connectivity index (χ0n) is 16.4. The van der Waals surface area contributed by atoms with Gasteiger partial charge in [-0.3, -0.25) is 19.3 Å². The zero-order valence-corrected chi connectivity index (χ0v) is 17.3. The maximum atomic E-state index is 13.0. The second-order valence-corrected chi connectivity index (χ2v) is 7.86. The van der Waals surface area contributed by atoms with Gasteiger partial charge in [0.2, 0.25) is 0 Å². The number of benzene rings is 2. The van der Waals surface area contributed by atoms with Crippen molar-refractivity contribution in [2.24, 2.45) is 4.99 Å². The zero-order chi connectivity index (χ0) is 23.9. The number of aliphatic carboxylic acids is 1. The molecule has 2 amide bonds. The third-order valence-electron chi connectivity index (χ3n) is 4.71. The first-order valence-electron chi connectivity index (χ1n) is 9.22. The summed E-state index contributed by atoms with van der Waals surface area (Å²) in [5, 5.41) is 30.0. The minimum Gasteiger partial charge on any atom is -0.480 e. The van der Waals surface area contributed by atoms with E-state index in [0.29, 0.717) is 11.3 Å². The molecule has 0 aliphatic carbocycles. The molecule has 1 saturated heterocycles. The lowest BCUT2D eigenvalue weighted by Crippen LogP contribution is -2.32. The van der Waals surface area contributed by atoms with Gasteiger partial charge in [0.15, 0.2) is 5.17 Å². The summed E-state index contributed by atoms with van der Waals surface area (Å²) < 4.78 is 0. The van der Waals surface area contributed by atoms with E-state index in [1.54, 1.807) is 24.3 Å². The monoisotopic (exact) mass is 467 g/mol. The van der Waals surface area contributed by atoms with E-state index in [4.69, 9.17) is 5.11 Å². The van der Waals surface area contributed by atoms with Gasteiger partial charge < -0.3 is 20.6 Å². The topological polar surface area (TPSA) is 174 Å². The van der Waals surface area contributed by atoms with E-state index >= 15 is 0 Å². The number of aromatic carboxylic acids is 2. The van der Waals surface area contributed by atoms with Crippen LogP contribution < -0.4 is 10.2 Å². The molecule has 0 saturated carbocycles.